The third-order valence-electron chi connectivity index (χ3n) is 5.50. The lowest BCUT2D eigenvalue weighted by molar-refractivity contribution is 0.339. The van der Waals surface area contributed by atoms with E-state index in [4.69, 9.17) is 9.47 Å². The maximum absolute atomic E-state index is 5.91. The third kappa shape index (κ3) is 5.38. The van der Waals surface area contributed by atoms with E-state index < -0.39 is 0 Å². The molecular weight excluding hydrogens is 404 g/mol. The quantitative estimate of drug-likeness (QED) is 0.453. The van der Waals surface area contributed by atoms with Crippen LogP contribution in [0, 0.1) is 0 Å². The van der Waals surface area contributed by atoms with Gasteiger partial charge in [-0.2, -0.15) is 5.10 Å². The van der Waals surface area contributed by atoms with Gasteiger partial charge in [0.05, 0.1) is 12.8 Å². The molecule has 1 N–H and O–H groups in total. The third-order valence-corrected chi connectivity index (χ3v) is 5.50. The highest BCUT2D eigenvalue weighted by Crippen LogP contribution is 2.27. The number of aromatic nitrogens is 3. The van der Waals surface area contributed by atoms with E-state index in [1.54, 1.807) is 6.20 Å². The van der Waals surface area contributed by atoms with Crippen LogP contribution in [0.2, 0.25) is 0 Å². The zero-order chi connectivity index (χ0) is 22.3. The molecule has 0 aliphatic carbocycles. The summed E-state index contributed by atoms with van der Waals surface area (Å²) < 4.78 is 13.2. The van der Waals surface area contributed by atoms with E-state index in [-0.39, 0.29) is 0 Å². The molecular formula is C24H30N6O2. The predicted molar refractivity (Wildman–Crippen MR) is 124 cm³/mol. The molecule has 0 spiro atoms. The molecule has 32 heavy (non-hydrogen) atoms. The maximum atomic E-state index is 5.91. The Bertz CT molecular complexity index is 1050. The minimum Gasteiger partial charge on any atom is -0.494 e. The number of rotatable bonds is 7. The molecule has 168 valence electrons. The van der Waals surface area contributed by atoms with Gasteiger partial charge in [0.1, 0.15) is 11.5 Å². The summed E-state index contributed by atoms with van der Waals surface area (Å²) in [6.45, 7) is 5.16. The molecule has 1 unspecified atom stereocenters. The van der Waals surface area contributed by atoms with E-state index >= 15 is 0 Å². The number of pyridine rings is 1. The molecule has 1 aromatic carbocycles. The zero-order valence-corrected chi connectivity index (χ0v) is 18.9. The Labute approximate surface area is 188 Å². The van der Waals surface area contributed by atoms with Gasteiger partial charge in [-0.05, 0) is 54.8 Å². The van der Waals surface area contributed by atoms with Gasteiger partial charge in [-0.15, -0.1) is 0 Å². The van der Waals surface area contributed by atoms with Gasteiger partial charge < -0.3 is 19.7 Å². The van der Waals surface area contributed by atoms with Crippen molar-refractivity contribution in [1.82, 2.24) is 25.0 Å². The molecule has 8 nitrogen and oxygen atoms in total. The molecule has 0 saturated carbocycles. The van der Waals surface area contributed by atoms with Gasteiger partial charge in [0.25, 0.3) is 0 Å². The van der Waals surface area contributed by atoms with Crippen LogP contribution in [-0.4, -0.2) is 52.4 Å². The van der Waals surface area contributed by atoms with Crippen molar-refractivity contribution in [1.29, 1.82) is 0 Å². The van der Waals surface area contributed by atoms with Crippen LogP contribution in [-0.2, 0) is 13.6 Å². The van der Waals surface area contributed by atoms with Gasteiger partial charge >= 0.3 is 0 Å². The van der Waals surface area contributed by atoms with Gasteiger partial charge in [0.15, 0.2) is 5.96 Å². The second-order valence-corrected chi connectivity index (χ2v) is 7.79. The van der Waals surface area contributed by atoms with Crippen molar-refractivity contribution in [3.8, 4) is 17.4 Å². The molecule has 1 saturated heterocycles. The Morgan fingerprint density at radius 2 is 2.03 bits per heavy atom. The minimum atomic E-state index is 0.484. The highest BCUT2D eigenvalue weighted by molar-refractivity contribution is 5.80. The van der Waals surface area contributed by atoms with Crippen molar-refractivity contribution in [3.63, 3.8) is 0 Å². The van der Waals surface area contributed by atoms with E-state index in [2.05, 4.69) is 31.5 Å². The first kappa shape index (κ1) is 21.7. The zero-order valence-electron chi connectivity index (χ0n) is 18.9. The number of nitrogens with zero attached hydrogens (tertiary/aromatic N) is 5. The van der Waals surface area contributed by atoms with Crippen molar-refractivity contribution in [3.05, 3.63) is 66.1 Å². The number of nitrogens with one attached hydrogen (secondary N) is 1. The summed E-state index contributed by atoms with van der Waals surface area (Å²) in [5.41, 5.74) is 2.36. The first-order valence-electron chi connectivity index (χ1n) is 10.9. The normalized spacial score (nSPS) is 16.3. The predicted octanol–water partition coefficient (Wildman–Crippen LogP) is 3.57. The second kappa shape index (κ2) is 10.2. The highest BCUT2D eigenvalue weighted by atomic mass is 16.5. The summed E-state index contributed by atoms with van der Waals surface area (Å²) in [7, 11) is 3.78. The lowest BCUT2D eigenvalue weighted by atomic mass is 10.0. The van der Waals surface area contributed by atoms with Crippen molar-refractivity contribution in [2.45, 2.75) is 25.8 Å². The number of benzene rings is 1. The topological polar surface area (TPSA) is 76.8 Å². The Balaban J connectivity index is 1.33. The summed E-state index contributed by atoms with van der Waals surface area (Å²) in [5.74, 6) is 3.49. The van der Waals surface area contributed by atoms with Crippen molar-refractivity contribution < 1.29 is 9.47 Å². The van der Waals surface area contributed by atoms with Crippen LogP contribution < -0.4 is 14.8 Å². The number of aryl methyl sites for hydroxylation is 1. The van der Waals surface area contributed by atoms with Crippen LogP contribution in [0.15, 0.2) is 60.0 Å². The molecule has 1 fully saturated rings. The number of ether oxygens (including phenoxy) is 2. The number of aliphatic imine (C=N–C) groups is 1. The molecule has 3 aromatic rings. The standard InChI is InChI=1S/C24H30N6O2/c1-4-31-21-5-7-22(8-6-21)32-23-13-18(9-11-26-23)14-27-24(25-2)30-12-10-19(17-30)20-15-28-29(3)16-20/h5-9,11,13,15-16,19H,4,10,12,14,17H2,1-3H3,(H,25,27). The number of likely N-dealkylation sites (tertiary alicyclic amines) is 1. The molecule has 3 heterocycles. The Morgan fingerprint density at radius 3 is 2.75 bits per heavy atom. The summed E-state index contributed by atoms with van der Waals surface area (Å²) >= 11 is 0. The fourth-order valence-corrected chi connectivity index (χ4v) is 3.90. The first-order valence-corrected chi connectivity index (χ1v) is 10.9. The van der Waals surface area contributed by atoms with Crippen LogP contribution in [0.4, 0.5) is 0 Å². The molecule has 0 radical (unpaired) electrons. The summed E-state index contributed by atoms with van der Waals surface area (Å²) in [5, 5.41) is 7.78. The average Bonchev–Trinajstić information content (AvgIpc) is 3.45. The molecule has 0 amide bonds. The maximum Gasteiger partial charge on any atom is 0.219 e. The fourth-order valence-electron chi connectivity index (χ4n) is 3.90. The van der Waals surface area contributed by atoms with E-state index in [1.807, 2.05) is 68.3 Å². The molecule has 2 aromatic heterocycles. The molecule has 8 heteroatoms. The molecule has 0 bridgehead atoms. The van der Waals surface area contributed by atoms with E-state index in [0.29, 0.717) is 24.9 Å². The number of hydrogen-bond donors (Lipinski definition) is 1. The van der Waals surface area contributed by atoms with Gasteiger partial charge in [-0.3, -0.25) is 9.67 Å². The molecule has 1 atom stereocenters. The summed E-state index contributed by atoms with van der Waals surface area (Å²) in [6, 6.07) is 11.5. The Kier molecular flexibility index (Phi) is 6.89. The lowest BCUT2D eigenvalue weighted by Crippen LogP contribution is -2.39. The summed E-state index contributed by atoms with van der Waals surface area (Å²) in [4.78, 5) is 11.1. The van der Waals surface area contributed by atoms with Crippen LogP contribution in [0.3, 0.4) is 0 Å². The Morgan fingerprint density at radius 1 is 1.22 bits per heavy atom. The van der Waals surface area contributed by atoms with Crippen molar-refractivity contribution in [2.75, 3.05) is 26.7 Å². The largest absolute Gasteiger partial charge is 0.494 e. The van der Waals surface area contributed by atoms with Crippen molar-refractivity contribution in [2.24, 2.45) is 12.0 Å². The van der Waals surface area contributed by atoms with Gasteiger partial charge in [0.2, 0.25) is 5.88 Å². The lowest BCUT2D eigenvalue weighted by Gasteiger charge is -2.21. The Hall–Kier alpha value is -3.55. The molecule has 1 aliphatic heterocycles. The van der Waals surface area contributed by atoms with Gasteiger partial charge in [0, 0.05) is 58.1 Å². The smallest absolute Gasteiger partial charge is 0.219 e. The van der Waals surface area contributed by atoms with Gasteiger partial charge in [-0.1, -0.05) is 0 Å². The van der Waals surface area contributed by atoms with E-state index in [1.165, 1.54) is 5.56 Å². The molecule has 4 rings (SSSR count). The number of guanidine groups is 1. The minimum absolute atomic E-state index is 0.484. The van der Waals surface area contributed by atoms with E-state index in [0.717, 1.165) is 42.5 Å². The number of hydrogen-bond acceptors (Lipinski definition) is 5. The van der Waals surface area contributed by atoms with Gasteiger partial charge in [-0.25, -0.2) is 4.98 Å². The van der Waals surface area contributed by atoms with Crippen molar-refractivity contribution >= 4 is 5.96 Å². The van der Waals surface area contributed by atoms with E-state index in [9.17, 15) is 0 Å². The fraction of sp³-hybridized carbons (Fsp3) is 0.375. The molecule has 1 aliphatic rings. The second-order valence-electron chi connectivity index (χ2n) is 7.79. The average molecular weight is 435 g/mol. The van der Waals surface area contributed by atoms with Crippen LogP contribution in [0.5, 0.6) is 17.4 Å². The summed E-state index contributed by atoms with van der Waals surface area (Å²) in [6.07, 6.45) is 6.93. The monoisotopic (exact) mass is 434 g/mol. The van der Waals surface area contributed by atoms with Crippen LogP contribution in [0.25, 0.3) is 0 Å². The SMILES string of the molecule is CCOc1ccc(Oc2cc(CNC(=NC)N3CCC(c4cnn(C)c4)C3)ccn2)cc1. The van der Waals surface area contributed by atoms with Crippen LogP contribution >= 0.6 is 0 Å². The first-order chi connectivity index (χ1) is 15.6. The van der Waals surface area contributed by atoms with Crippen LogP contribution in [0.1, 0.15) is 30.4 Å². The highest BCUT2D eigenvalue weighted by Gasteiger charge is 2.26.